The zero-order valence-corrected chi connectivity index (χ0v) is 8.36. The first kappa shape index (κ1) is 7.64. The van der Waals surface area contributed by atoms with Crippen molar-refractivity contribution in [3.63, 3.8) is 0 Å². The van der Waals surface area contributed by atoms with Crippen molar-refractivity contribution >= 4 is 32.6 Å². The standard InChI is InChI=1S/C9H6N2S2/c1-2-4-7-6(3-1)10-8-5-12-13-9(8)11-7/h1-4H,5H2. The molecule has 0 bridgehead atoms. The Morgan fingerprint density at radius 1 is 1.08 bits per heavy atom. The molecule has 4 heteroatoms. The summed E-state index contributed by atoms with van der Waals surface area (Å²) in [7, 11) is 3.53. The van der Waals surface area contributed by atoms with Gasteiger partial charge in [0.25, 0.3) is 0 Å². The van der Waals surface area contributed by atoms with E-state index in [4.69, 9.17) is 0 Å². The minimum atomic E-state index is 0.984. The second-order valence-corrected chi connectivity index (χ2v) is 5.09. The Bertz CT molecular complexity index is 428. The Labute approximate surface area is 83.6 Å². The summed E-state index contributed by atoms with van der Waals surface area (Å²) in [6.45, 7) is 0. The van der Waals surface area contributed by atoms with E-state index >= 15 is 0 Å². The number of rotatable bonds is 0. The third-order valence-corrected chi connectivity index (χ3v) is 4.11. The quantitative estimate of drug-likeness (QED) is 0.619. The van der Waals surface area contributed by atoms with Gasteiger partial charge in [0.1, 0.15) is 5.03 Å². The molecule has 0 N–H and O–H groups in total. The highest BCUT2D eigenvalue weighted by Gasteiger charge is 2.15. The molecule has 1 aliphatic heterocycles. The van der Waals surface area contributed by atoms with Crippen LogP contribution in [0.25, 0.3) is 11.0 Å². The fourth-order valence-electron chi connectivity index (χ4n) is 1.32. The molecule has 0 spiro atoms. The van der Waals surface area contributed by atoms with Crippen LogP contribution in [-0.2, 0) is 5.75 Å². The molecule has 2 heterocycles. The Kier molecular flexibility index (Phi) is 1.70. The van der Waals surface area contributed by atoms with Gasteiger partial charge >= 0.3 is 0 Å². The number of hydrogen-bond acceptors (Lipinski definition) is 4. The van der Waals surface area contributed by atoms with Crippen molar-refractivity contribution in [1.29, 1.82) is 0 Å². The molecule has 2 nitrogen and oxygen atoms in total. The minimum Gasteiger partial charge on any atom is -0.247 e. The summed E-state index contributed by atoms with van der Waals surface area (Å²) in [6.07, 6.45) is 0. The van der Waals surface area contributed by atoms with Gasteiger partial charge in [-0.3, -0.25) is 0 Å². The average molecular weight is 206 g/mol. The normalized spacial score (nSPS) is 14.8. The topological polar surface area (TPSA) is 25.8 Å². The van der Waals surface area contributed by atoms with Gasteiger partial charge in [0.2, 0.25) is 0 Å². The smallest absolute Gasteiger partial charge is 0.130 e. The molecular formula is C9H6N2S2. The molecule has 0 aliphatic carbocycles. The maximum absolute atomic E-state index is 4.55. The largest absolute Gasteiger partial charge is 0.247 e. The van der Waals surface area contributed by atoms with Crippen molar-refractivity contribution in [3.05, 3.63) is 30.0 Å². The SMILES string of the molecule is c1ccc2nc3c(nc2c1)CSS3. The van der Waals surface area contributed by atoms with Crippen molar-refractivity contribution in [2.45, 2.75) is 10.8 Å². The predicted molar refractivity (Wildman–Crippen MR) is 56.7 cm³/mol. The molecule has 13 heavy (non-hydrogen) atoms. The van der Waals surface area contributed by atoms with Crippen LogP contribution < -0.4 is 0 Å². The van der Waals surface area contributed by atoms with E-state index in [-0.39, 0.29) is 0 Å². The third-order valence-electron chi connectivity index (χ3n) is 1.94. The Balaban J connectivity index is 2.36. The molecule has 0 atom stereocenters. The first-order valence-corrected chi connectivity index (χ1v) is 6.30. The van der Waals surface area contributed by atoms with Gasteiger partial charge in [-0.15, -0.1) is 0 Å². The molecule has 2 aromatic rings. The highest BCUT2D eigenvalue weighted by Crippen LogP contribution is 2.42. The first-order chi connectivity index (χ1) is 6.43. The fourth-order valence-corrected chi connectivity index (χ4v) is 3.49. The van der Waals surface area contributed by atoms with Crippen LogP contribution in [-0.4, -0.2) is 9.97 Å². The molecule has 0 amide bonds. The van der Waals surface area contributed by atoms with Gasteiger partial charge in [0, 0.05) is 5.75 Å². The van der Waals surface area contributed by atoms with Crippen LogP contribution in [0.1, 0.15) is 5.69 Å². The predicted octanol–water partition coefficient (Wildman–Crippen LogP) is 2.88. The zero-order valence-electron chi connectivity index (χ0n) is 6.73. The monoisotopic (exact) mass is 206 g/mol. The van der Waals surface area contributed by atoms with E-state index in [9.17, 15) is 0 Å². The number of nitrogens with zero attached hydrogens (tertiary/aromatic N) is 2. The molecule has 0 saturated carbocycles. The van der Waals surface area contributed by atoms with Crippen molar-refractivity contribution < 1.29 is 0 Å². The summed E-state index contributed by atoms with van der Waals surface area (Å²) in [5, 5.41) is 1.09. The molecule has 1 aromatic heterocycles. The molecule has 1 aromatic carbocycles. The number of fused-ring (bicyclic) bond motifs is 2. The van der Waals surface area contributed by atoms with E-state index in [2.05, 4.69) is 9.97 Å². The van der Waals surface area contributed by atoms with Gasteiger partial charge in [0.05, 0.1) is 16.7 Å². The van der Waals surface area contributed by atoms with Gasteiger partial charge < -0.3 is 0 Å². The van der Waals surface area contributed by atoms with E-state index in [0.717, 1.165) is 27.5 Å². The van der Waals surface area contributed by atoms with Gasteiger partial charge in [0.15, 0.2) is 0 Å². The van der Waals surface area contributed by atoms with E-state index in [1.54, 1.807) is 21.6 Å². The van der Waals surface area contributed by atoms with Gasteiger partial charge in [-0.25, -0.2) is 9.97 Å². The summed E-state index contributed by atoms with van der Waals surface area (Å²) in [5.41, 5.74) is 3.13. The lowest BCUT2D eigenvalue weighted by molar-refractivity contribution is 1.04. The van der Waals surface area contributed by atoms with Crippen molar-refractivity contribution in [2.75, 3.05) is 0 Å². The second-order valence-electron chi connectivity index (χ2n) is 2.81. The van der Waals surface area contributed by atoms with Crippen LogP contribution in [0.2, 0.25) is 0 Å². The molecule has 64 valence electrons. The molecule has 3 rings (SSSR count). The lowest BCUT2D eigenvalue weighted by atomic mass is 10.3. The molecular weight excluding hydrogens is 200 g/mol. The summed E-state index contributed by atoms with van der Waals surface area (Å²) in [5.74, 6) is 0.984. The van der Waals surface area contributed by atoms with Gasteiger partial charge in [-0.05, 0) is 22.9 Å². The summed E-state index contributed by atoms with van der Waals surface area (Å²) in [6, 6.07) is 8.01. The minimum absolute atomic E-state index is 0.984. The highest BCUT2D eigenvalue weighted by atomic mass is 33.1. The Morgan fingerprint density at radius 2 is 1.85 bits per heavy atom. The van der Waals surface area contributed by atoms with Crippen LogP contribution >= 0.6 is 21.6 Å². The van der Waals surface area contributed by atoms with Gasteiger partial charge in [-0.2, -0.15) is 0 Å². The zero-order chi connectivity index (χ0) is 8.67. The number of benzene rings is 1. The number of aromatic nitrogens is 2. The lowest BCUT2D eigenvalue weighted by Crippen LogP contribution is -1.90. The Morgan fingerprint density at radius 3 is 2.69 bits per heavy atom. The van der Waals surface area contributed by atoms with E-state index in [0.29, 0.717) is 0 Å². The molecule has 0 fully saturated rings. The molecule has 1 aliphatic rings. The van der Waals surface area contributed by atoms with Gasteiger partial charge in [-0.1, -0.05) is 22.9 Å². The van der Waals surface area contributed by atoms with Crippen LogP contribution in [0.15, 0.2) is 29.3 Å². The fraction of sp³-hybridized carbons (Fsp3) is 0.111. The highest BCUT2D eigenvalue weighted by molar-refractivity contribution is 8.76. The van der Waals surface area contributed by atoms with E-state index < -0.39 is 0 Å². The van der Waals surface area contributed by atoms with E-state index in [1.807, 2.05) is 24.3 Å². The maximum Gasteiger partial charge on any atom is 0.130 e. The number of hydrogen-bond donors (Lipinski definition) is 0. The van der Waals surface area contributed by atoms with Crippen LogP contribution in [0.3, 0.4) is 0 Å². The lowest BCUT2D eigenvalue weighted by Gasteiger charge is -1.98. The van der Waals surface area contributed by atoms with E-state index in [1.165, 1.54) is 0 Å². The molecule has 0 saturated heterocycles. The van der Waals surface area contributed by atoms with Crippen LogP contribution in [0.4, 0.5) is 0 Å². The summed E-state index contributed by atoms with van der Waals surface area (Å²) >= 11 is 0. The van der Waals surface area contributed by atoms with Crippen molar-refractivity contribution in [3.8, 4) is 0 Å². The number of para-hydroxylation sites is 2. The van der Waals surface area contributed by atoms with Crippen molar-refractivity contribution in [1.82, 2.24) is 9.97 Å². The molecule has 0 radical (unpaired) electrons. The van der Waals surface area contributed by atoms with Crippen LogP contribution in [0, 0.1) is 0 Å². The van der Waals surface area contributed by atoms with Crippen LogP contribution in [0.5, 0.6) is 0 Å². The third kappa shape index (κ3) is 1.21. The maximum atomic E-state index is 4.55. The summed E-state index contributed by atoms with van der Waals surface area (Å²) in [4.78, 5) is 9.09. The average Bonchev–Trinajstić information content (AvgIpc) is 2.61. The van der Waals surface area contributed by atoms with Crippen molar-refractivity contribution in [2.24, 2.45) is 0 Å². The molecule has 0 unspecified atom stereocenters. The summed E-state index contributed by atoms with van der Waals surface area (Å²) < 4.78 is 0. The first-order valence-electron chi connectivity index (χ1n) is 3.98. The Hall–Kier alpha value is -0.740. The second kappa shape index (κ2) is 2.89.